The lowest BCUT2D eigenvalue weighted by molar-refractivity contribution is -0.154. The van der Waals surface area contributed by atoms with Crippen molar-refractivity contribution in [3.05, 3.63) is 36.5 Å². The highest BCUT2D eigenvalue weighted by molar-refractivity contribution is 6.35. The van der Waals surface area contributed by atoms with Crippen LogP contribution in [0.5, 0.6) is 23.4 Å². The number of ether oxygens (including phenoxy) is 3. The number of oxime groups is 1. The maximum absolute atomic E-state index is 12.2. The lowest BCUT2D eigenvalue weighted by Crippen LogP contribution is -2.19. The number of halogens is 3. The highest BCUT2D eigenvalue weighted by atomic mass is 19.4. The number of alkyl halides is 3. The van der Waals surface area contributed by atoms with Gasteiger partial charge in [-0.3, -0.25) is 0 Å². The van der Waals surface area contributed by atoms with Crippen LogP contribution in [0.15, 0.2) is 41.7 Å². The summed E-state index contributed by atoms with van der Waals surface area (Å²) in [5.74, 6) is -1.02. The van der Waals surface area contributed by atoms with Crippen LogP contribution >= 0.6 is 0 Å². The molecule has 1 aromatic heterocycles. The summed E-state index contributed by atoms with van der Waals surface area (Å²) in [5.41, 5.74) is -0.0360. The molecule has 27 heavy (non-hydrogen) atoms. The molecule has 0 saturated heterocycles. The average Bonchev–Trinajstić information content (AvgIpc) is 2.61. The summed E-state index contributed by atoms with van der Waals surface area (Å²) in [4.78, 5) is 23.9. The Hall–Kier alpha value is -3.37. The fraction of sp³-hybridized carbons (Fsp3) is 0.250. The second-order valence-corrected chi connectivity index (χ2v) is 4.88. The van der Waals surface area contributed by atoms with Gasteiger partial charge in [0.2, 0.25) is 5.88 Å². The van der Waals surface area contributed by atoms with E-state index in [2.05, 4.69) is 24.7 Å². The lowest BCUT2D eigenvalue weighted by Gasteiger charge is -2.11. The van der Waals surface area contributed by atoms with Crippen molar-refractivity contribution in [2.45, 2.75) is 13.1 Å². The Morgan fingerprint density at radius 1 is 1.19 bits per heavy atom. The van der Waals surface area contributed by atoms with Crippen molar-refractivity contribution in [1.29, 1.82) is 0 Å². The fourth-order valence-electron chi connectivity index (χ4n) is 1.68. The standard InChI is InChI=1S/C16H14F3N3O5/c1-10(22-24-2)14(23)26-11-5-3-4-6-12(11)27-15-20-8-7-13(21-15)25-9-16(17,18)19/h3-8H,9H2,1-2H3. The summed E-state index contributed by atoms with van der Waals surface area (Å²) in [6.07, 6.45) is -3.34. The molecule has 0 atom stereocenters. The maximum atomic E-state index is 12.2. The Bertz CT molecular complexity index is 827. The molecule has 0 amide bonds. The number of nitrogens with zero attached hydrogens (tertiary/aromatic N) is 3. The van der Waals surface area contributed by atoms with Gasteiger partial charge in [0.25, 0.3) is 0 Å². The first-order valence-corrected chi connectivity index (χ1v) is 7.38. The molecule has 1 heterocycles. The van der Waals surface area contributed by atoms with Crippen LogP contribution in [0.2, 0.25) is 0 Å². The molecule has 0 aliphatic heterocycles. The zero-order chi connectivity index (χ0) is 19.9. The van der Waals surface area contributed by atoms with E-state index >= 15 is 0 Å². The average molecular weight is 385 g/mol. The minimum atomic E-state index is -4.51. The van der Waals surface area contributed by atoms with Gasteiger partial charge in [0.1, 0.15) is 7.11 Å². The van der Waals surface area contributed by atoms with E-state index in [4.69, 9.17) is 9.47 Å². The van der Waals surface area contributed by atoms with E-state index in [0.29, 0.717) is 0 Å². The first-order valence-electron chi connectivity index (χ1n) is 7.38. The maximum Gasteiger partial charge on any atom is 0.422 e. The first-order chi connectivity index (χ1) is 12.8. The van der Waals surface area contributed by atoms with Crippen molar-refractivity contribution in [2.75, 3.05) is 13.7 Å². The van der Waals surface area contributed by atoms with E-state index < -0.39 is 18.8 Å². The summed E-state index contributed by atoms with van der Waals surface area (Å²) < 4.78 is 51.7. The van der Waals surface area contributed by atoms with E-state index in [1.165, 1.54) is 26.2 Å². The van der Waals surface area contributed by atoms with Gasteiger partial charge >= 0.3 is 18.2 Å². The third-order valence-corrected chi connectivity index (χ3v) is 2.77. The third-order valence-electron chi connectivity index (χ3n) is 2.77. The third kappa shape index (κ3) is 6.45. The molecule has 0 spiro atoms. The summed E-state index contributed by atoms with van der Waals surface area (Å²) in [6.45, 7) is -0.115. The number of carbonyl (C=O) groups excluding carboxylic acids is 1. The van der Waals surface area contributed by atoms with Crippen LogP contribution in [0.1, 0.15) is 6.92 Å². The topological polar surface area (TPSA) is 92.1 Å². The second-order valence-electron chi connectivity index (χ2n) is 4.88. The Labute approximate surface area is 151 Å². The summed E-state index contributed by atoms with van der Waals surface area (Å²) >= 11 is 0. The van der Waals surface area contributed by atoms with E-state index in [-0.39, 0.29) is 29.1 Å². The zero-order valence-corrected chi connectivity index (χ0v) is 14.2. The molecule has 0 aliphatic carbocycles. The van der Waals surface area contributed by atoms with Crippen LogP contribution in [0.4, 0.5) is 13.2 Å². The quantitative estimate of drug-likeness (QED) is 0.313. The molecule has 1 aromatic carbocycles. The van der Waals surface area contributed by atoms with Gasteiger partial charge in [0.05, 0.1) is 0 Å². The number of aromatic nitrogens is 2. The highest BCUT2D eigenvalue weighted by Gasteiger charge is 2.28. The van der Waals surface area contributed by atoms with Crippen LogP contribution in [0, 0.1) is 0 Å². The summed E-state index contributed by atoms with van der Waals surface area (Å²) in [7, 11) is 1.28. The van der Waals surface area contributed by atoms with Crippen LogP contribution in [0.3, 0.4) is 0 Å². The van der Waals surface area contributed by atoms with Gasteiger partial charge in [-0.25, -0.2) is 9.78 Å². The Balaban J connectivity index is 2.14. The first kappa shape index (κ1) is 19.9. The molecular weight excluding hydrogens is 371 g/mol. The highest BCUT2D eigenvalue weighted by Crippen LogP contribution is 2.30. The van der Waals surface area contributed by atoms with Crippen molar-refractivity contribution in [1.82, 2.24) is 9.97 Å². The molecule has 11 heteroatoms. The molecule has 0 radical (unpaired) electrons. The smallest absolute Gasteiger partial charge is 0.422 e. The minimum Gasteiger partial charge on any atom is -0.468 e. The van der Waals surface area contributed by atoms with Gasteiger partial charge in [0, 0.05) is 12.3 Å². The monoisotopic (exact) mass is 385 g/mol. The molecule has 0 bridgehead atoms. The predicted octanol–water partition coefficient (Wildman–Crippen LogP) is 3.14. The Kier molecular flexibility index (Phi) is 6.52. The van der Waals surface area contributed by atoms with Crippen LogP contribution in [-0.2, 0) is 9.63 Å². The predicted molar refractivity (Wildman–Crippen MR) is 85.9 cm³/mol. The Morgan fingerprint density at radius 2 is 1.89 bits per heavy atom. The van der Waals surface area contributed by atoms with Crippen molar-refractivity contribution in [3.8, 4) is 23.4 Å². The number of carbonyl (C=O) groups is 1. The van der Waals surface area contributed by atoms with E-state index in [1.54, 1.807) is 12.1 Å². The molecule has 0 aliphatic rings. The molecule has 0 N–H and O–H groups in total. The SMILES string of the molecule is CON=C(C)C(=O)Oc1ccccc1Oc1nccc(OCC(F)(F)F)n1. The number of rotatable bonds is 7. The molecule has 2 rings (SSSR count). The number of para-hydroxylation sites is 2. The van der Waals surface area contributed by atoms with Gasteiger partial charge in [-0.2, -0.15) is 18.2 Å². The van der Waals surface area contributed by atoms with Crippen molar-refractivity contribution in [3.63, 3.8) is 0 Å². The number of esters is 1. The van der Waals surface area contributed by atoms with Gasteiger partial charge in [-0.1, -0.05) is 17.3 Å². The van der Waals surface area contributed by atoms with E-state index in [1.807, 2.05) is 0 Å². The Morgan fingerprint density at radius 3 is 2.56 bits per heavy atom. The van der Waals surface area contributed by atoms with E-state index in [9.17, 15) is 18.0 Å². The molecule has 0 saturated carbocycles. The molecule has 2 aromatic rings. The van der Waals surface area contributed by atoms with Crippen LogP contribution < -0.4 is 14.2 Å². The fourth-order valence-corrected chi connectivity index (χ4v) is 1.68. The number of hydrogen-bond donors (Lipinski definition) is 0. The molecule has 8 nitrogen and oxygen atoms in total. The van der Waals surface area contributed by atoms with Crippen molar-refractivity contribution < 1.29 is 37.0 Å². The normalized spacial score (nSPS) is 11.7. The van der Waals surface area contributed by atoms with Gasteiger partial charge in [0.15, 0.2) is 23.8 Å². The van der Waals surface area contributed by atoms with Gasteiger partial charge in [-0.05, 0) is 19.1 Å². The van der Waals surface area contributed by atoms with E-state index in [0.717, 1.165) is 12.3 Å². The molecule has 0 unspecified atom stereocenters. The lowest BCUT2D eigenvalue weighted by atomic mass is 10.3. The number of hydrogen-bond acceptors (Lipinski definition) is 8. The zero-order valence-electron chi connectivity index (χ0n) is 14.2. The molecular formula is C16H14F3N3O5. The number of benzene rings is 1. The van der Waals surface area contributed by atoms with Crippen LogP contribution in [0.25, 0.3) is 0 Å². The van der Waals surface area contributed by atoms with Gasteiger partial charge < -0.3 is 19.0 Å². The minimum absolute atomic E-state index is 0.0263. The summed E-state index contributed by atoms with van der Waals surface area (Å²) in [5, 5.41) is 3.45. The van der Waals surface area contributed by atoms with Crippen LogP contribution in [-0.4, -0.2) is 41.5 Å². The van der Waals surface area contributed by atoms with Gasteiger partial charge in [-0.15, -0.1) is 0 Å². The molecule has 0 fully saturated rings. The largest absolute Gasteiger partial charge is 0.468 e. The summed E-state index contributed by atoms with van der Waals surface area (Å²) in [6, 6.07) is 6.93. The van der Waals surface area contributed by atoms with Crippen molar-refractivity contribution in [2.24, 2.45) is 5.16 Å². The molecule has 144 valence electrons. The van der Waals surface area contributed by atoms with Crippen molar-refractivity contribution >= 4 is 11.7 Å². The second kappa shape index (κ2) is 8.83.